The van der Waals surface area contributed by atoms with Gasteiger partial charge in [0.05, 0.1) is 0 Å². The normalized spacial score (nSPS) is 11.9. The molecule has 0 unspecified atom stereocenters. The van der Waals surface area contributed by atoms with Crippen molar-refractivity contribution in [2.75, 3.05) is 6.61 Å². The van der Waals surface area contributed by atoms with Crippen LogP contribution < -0.4 is 0 Å². The van der Waals surface area contributed by atoms with Crippen molar-refractivity contribution in [3.63, 3.8) is 0 Å². The highest BCUT2D eigenvalue weighted by Crippen LogP contribution is 2.20. The van der Waals surface area contributed by atoms with Crippen molar-refractivity contribution in [3.05, 3.63) is 28.6 Å². The SMILES string of the molecule is Cc1cc(/C=C(\C#N)C(=O)OCC(=O)N(C(C)C)C(C)C)c(C)n1CCC(C)C. The fourth-order valence-corrected chi connectivity index (χ4v) is 3.45. The molecule has 160 valence electrons. The van der Waals surface area contributed by atoms with Crippen LogP contribution in [0.2, 0.25) is 0 Å². The van der Waals surface area contributed by atoms with Crippen LogP contribution in [0.15, 0.2) is 11.6 Å². The highest BCUT2D eigenvalue weighted by molar-refractivity contribution is 5.99. The summed E-state index contributed by atoms with van der Waals surface area (Å²) >= 11 is 0. The minimum absolute atomic E-state index is 0.00316. The first kappa shape index (κ1) is 24.5. The topological polar surface area (TPSA) is 75.3 Å². The lowest BCUT2D eigenvalue weighted by molar-refractivity contribution is -0.150. The third kappa shape index (κ3) is 6.77. The molecule has 6 nitrogen and oxygen atoms in total. The van der Waals surface area contributed by atoms with E-state index in [9.17, 15) is 14.9 Å². The number of nitriles is 1. The zero-order chi connectivity index (χ0) is 22.3. The predicted octanol–water partition coefficient (Wildman–Crippen LogP) is 4.25. The molecule has 0 aliphatic rings. The van der Waals surface area contributed by atoms with Crippen molar-refractivity contribution in [2.45, 2.75) is 80.4 Å². The van der Waals surface area contributed by atoms with Crippen molar-refractivity contribution in [1.29, 1.82) is 5.26 Å². The number of rotatable bonds is 9. The van der Waals surface area contributed by atoms with Crippen LogP contribution in [0.4, 0.5) is 0 Å². The lowest BCUT2D eigenvalue weighted by atomic mass is 10.1. The number of esters is 1. The van der Waals surface area contributed by atoms with E-state index in [1.165, 1.54) is 0 Å². The number of hydrogen-bond acceptors (Lipinski definition) is 4. The highest BCUT2D eigenvalue weighted by Gasteiger charge is 2.22. The first-order valence-corrected chi connectivity index (χ1v) is 10.3. The number of aromatic nitrogens is 1. The Labute approximate surface area is 175 Å². The molecular weight excluding hydrogens is 366 g/mol. The van der Waals surface area contributed by atoms with E-state index in [2.05, 4.69) is 18.4 Å². The van der Waals surface area contributed by atoms with Crippen molar-refractivity contribution >= 4 is 18.0 Å². The van der Waals surface area contributed by atoms with Gasteiger partial charge in [-0.05, 0) is 71.6 Å². The Hall–Kier alpha value is -2.55. The first-order valence-electron chi connectivity index (χ1n) is 10.3. The van der Waals surface area contributed by atoms with Gasteiger partial charge >= 0.3 is 5.97 Å². The zero-order valence-corrected chi connectivity index (χ0v) is 19.1. The summed E-state index contributed by atoms with van der Waals surface area (Å²) in [5.41, 5.74) is 2.80. The summed E-state index contributed by atoms with van der Waals surface area (Å²) in [6.45, 7) is 16.5. The first-order chi connectivity index (χ1) is 13.5. The van der Waals surface area contributed by atoms with E-state index in [4.69, 9.17) is 4.74 Å². The van der Waals surface area contributed by atoms with E-state index in [1.807, 2.05) is 53.7 Å². The Morgan fingerprint density at radius 3 is 2.24 bits per heavy atom. The maximum Gasteiger partial charge on any atom is 0.349 e. The van der Waals surface area contributed by atoms with E-state index in [0.29, 0.717) is 5.92 Å². The van der Waals surface area contributed by atoms with E-state index in [1.54, 1.807) is 11.0 Å². The van der Waals surface area contributed by atoms with Crippen molar-refractivity contribution in [1.82, 2.24) is 9.47 Å². The molecule has 1 heterocycles. The molecule has 1 rings (SSSR count). The molecule has 0 fully saturated rings. The van der Waals surface area contributed by atoms with Crippen LogP contribution in [-0.2, 0) is 20.9 Å². The standard InChI is InChI=1S/C23H35N3O3/c1-15(2)9-10-25-18(7)11-20(19(25)8)12-21(13-24)23(28)29-14-22(27)26(16(3)4)17(5)6/h11-12,15-17H,9-10,14H2,1-8H3/b21-12+. The zero-order valence-electron chi connectivity index (χ0n) is 19.1. The maximum atomic E-state index is 12.4. The Morgan fingerprint density at radius 2 is 1.76 bits per heavy atom. The molecule has 0 bridgehead atoms. The Kier molecular flexibility index (Phi) is 9.16. The minimum Gasteiger partial charge on any atom is -0.451 e. The second-order valence-corrected chi connectivity index (χ2v) is 8.40. The van der Waals surface area contributed by atoms with Crippen LogP contribution in [0.25, 0.3) is 6.08 Å². The maximum absolute atomic E-state index is 12.4. The second kappa shape index (κ2) is 10.8. The molecule has 29 heavy (non-hydrogen) atoms. The molecule has 6 heteroatoms. The largest absolute Gasteiger partial charge is 0.451 e. The Morgan fingerprint density at radius 1 is 1.17 bits per heavy atom. The van der Waals surface area contributed by atoms with Crippen LogP contribution in [0.1, 0.15) is 64.9 Å². The van der Waals surface area contributed by atoms with Gasteiger partial charge in [-0.2, -0.15) is 5.26 Å². The van der Waals surface area contributed by atoms with E-state index in [0.717, 1.165) is 29.9 Å². The highest BCUT2D eigenvalue weighted by atomic mass is 16.5. The average molecular weight is 402 g/mol. The van der Waals surface area contributed by atoms with Gasteiger partial charge in [0.1, 0.15) is 11.6 Å². The Bertz CT molecular complexity index is 787. The van der Waals surface area contributed by atoms with Crippen LogP contribution in [0, 0.1) is 31.1 Å². The predicted molar refractivity (Wildman–Crippen MR) is 115 cm³/mol. The van der Waals surface area contributed by atoms with Gasteiger partial charge in [-0.3, -0.25) is 4.79 Å². The number of ether oxygens (including phenoxy) is 1. The quantitative estimate of drug-likeness (QED) is 0.352. The smallest absolute Gasteiger partial charge is 0.349 e. The number of aryl methyl sites for hydroxylation is 1. The molecule has 0 spiro atoms. The summed E-state index contributed by atoms with van der Waals surface area (Å²) in [5.74, 6) is -0.457. The van der Waals surface area contributed by atoms with Crippen LogP contribution >= 0.6 is 0 Å². The monoisotopic (exact) mass is 401 g/mol. The third-order valence-corrected chi connectivity index (χ3v) is 4.91. The van der Waals surface area contributed by atoms with Gasteiger partial charge in [0.25, 0.3) is 5.91 Å². The summed E-state index contributed by atoms with van der Waals surface area (Å²) in [6.07, 6.45) is 2.60. The molecule has 0 aromatic carbocycles. The summed E-state index contributed by atoms with van der Waals surface area (Å²) in [4.78, 5) is 26.4. The lowest BCUT2D eigenvalue weighted by Crippen LogP contribution is -2.44. The van der Waals surface area contributed by atoms with Crippen LogP contribution in [0.3, 0.4) is 0 Å². The summed E-state index contributed by atoms with van der Waals surface area (Å²) in [7, 11) is 0. The van der Waals surface area contributed by atoms with Gasteiger partial charge < -0.3 is 14.2 Å². The number of carbonyl (C=O) groups is 2. The summed E-state index contributed by atoms with van der Waals surface area (Å²) < 4.78 is 7.33. The fourth-order valence-electron chi connectivity index (χ4n) is 3.45. The van der Waals surface area contributed by atoms with E-state index in [-0.39, 0.29) is 30.2 Å². The molecule has 1 aromatic rings. The van der Waals surface area contributed by atoms with Gasteiger partial charge in [0.15, 0.2) is 6.61 Å². The molecule has 1 aromatic heterocycles. The molecule has 0 N–H and O–H groups in total. The average Bonchev–Trinajstić information content (AvgIpc) is 2.88. The van der Waals surface area contributed by atoms with E-state index >= 15 is 0 Å². The van der Waals surface area contributed by atoms with Gasteiger partial charge in [-0.25, -0.2) is 4.79 Å². The lowest BCUT2D eigenvalue weighted by Gasteiger charge is -2.30. The number of nitrogens with zero attached hydrogens (tertiary/aromatic N) is 3. The van der Waals surface area contributed by atoms with Gasteiger partial charge in [0, 0.05) is 30.0 Å². The molecule has 0 aliphatic heterocycles. The van der Waals surface area contributed by atoms with Crippen LogP contribution in [0.5, 0.6) is 0 Å². The third-order valence-electron chi connectivity index (χ3n) is 4.91. The molecule has 0 radical (unpaired) electrons. The summed E-state index contributed by atoms with van der Waals surface area (Å²) in [5, 5.41) is 9.43. The van der Waals surface area contributed by atoms with Crippen molar-refractivity contribution in [2.24, 2.45) is 5.92 Å². The van der Waals surface area contributed by atoms with E-state index < -0.39 is 5.97 Å². The van der Waals surface area contributed by atoms with Gasteiger partial charge in [0.2, 0.25) is 0 Å². The van der Waals surface area contributed by atoms with Crippen molar-refractivity contribution < 1.29 is 14.3 Å². The van der Waals surface area contributed by atoms with Crippen LogP contribution in [-0.4, -0.2) is 40.0 Å². The molecule has 0 aliphatic carbocycles. The molecule has 1 amide bonds. The number of carbonyl (C=O) groups excluding carboxylic acids is 2. The molecule has 0 saturated carbocycles. The fraction of sp³-hybridized carbons (Fsp3) is 0.609. The minimum atomic E-state index is -0.778. The Balaban J connectivity index is 2.93. The number of hydrogen-bond donors (Lipinski definition) is 0. The number of amides is 1. The summed E-state index contributed by atoms with van der Waals surface area (Å²) in [6, 6.07) is 3.88. The second-order valence-electron chi connectivity index (χ2n) is 8.40. The molecule has 0 saturated heterocycles. The molecular formula is C23H35N3O3. The van der Waals surface area contributed by atoms with Gasteiger partial charge in [-0.15, -0.1) is 0 Å². The molecule has 0 atom stereocenters. The van der Waals surface area contributed by atoms with Crippen molar-refractivity contribution in [3.8, 4) is 6.07 Å². The van der Waals surface area contributed by atoms with Gasteiger partial charge in [-0.1, -0.05) is 13.8 Å².